The van der Waals surface area contributed by atoms with Crippen LogP contribution in [0.3, 0.4) is 0 Å². The Morgan fingerprint density at radius 1 is 0.597 bits per heavy atom. The van der Waals surface area contributed by atoms with Gasteiger partial charge in [-0.05, 0) is 117 Å². The van der Waals surface area contributed by atoms with E-state index in [1.165, 1.54) is 0 Å². The van der Waals surface area contributed by atoms with Crippen LogP contribution in [-0.4, -0.2) is 197 Å². The molecule has 2 saturated heterocycles. The molecule has 72 heavy (non-hydrogen) atoms. The van der Waals surface area contributed by atoms with E-state index in [1.807, 2.05) is 70.5 Å². The number of benzene rings is 2. The molecule has 2 aliphatic rings. The fourth-order valence-corrected chi connectivity index (χ4v) is 8.75. The van der Waals surface area contributed by atoms with Crippen LogP contribution in [-0.2, 0) is 51.1 Å². The van der Waals surface area contributed by atoms with Gasteiger partial charge in [-0.2, -0.15) is 0 Å². The lowest BCUT2D eigenvalue weighted by Gasteiger charge is -2.35. The molecule has 0 spiro atoms. The number of carbonyl (C=O) groups is 6. The number of nitrogens with one attached hydrogen (secondary N) is 6. The highest BCUT2D eigenvalue weighted by molar-refractivity contribution is 5.91. The molecule has 0 saturated carbocycles. The summed E-state index contributed by atoms with van der Waals surface area (Å²) in [6, 6.07) is 16.3. The van der Waals surface area contributed by atoms with E-state index in [9.17, 15) is 28.8 Å². The van der Waals surface area contributed by atoms with Crippen molar-refractivity contribution in [2.45, 2.75) is 115 Å². The fourth-order valence-electron chi connectivity index (χ4n) is 8.75. The lowest BCUT2D eigenvalue weighted by atomic mass is 10.1. The summed E-state index contributed by atoms with van der Waals surface area (Å²) in [6.45, 7) is 9.71. The van der Waals surface area contributed by atoms with E-state index in [0.29, 0.717) is 65.0 Å². The summed E-state index contributed by atoms with van der Waals surface area (Å²) in [6.07, 6.45) is 2.76. The molecule has 18 heteroatoms. The average molecular weight is 997 g/mol. The van der Waals surface area contributed by atoms with Crippen LogP contribution >= 0.6 is 0 Å². The van der Waals surface area contributed by atoms with Crippen molar-refractivity contribution in [3.8, 4) is 23.7 Å². The van der Waals surface area contributed by atoms with Gasteiger partial charge < -0.3 is 61.0 Å². The maximum absolute atomic E-state index is 14.4. The molecule has 18 nitrogen and oxygen atoms in total. The van der Waals surface area contributed by atoms with Gasteiger partial charge >= 0.3 is 0 Å². The topological polar surface area (TPSA) is 206 Å². The normalized spacial score (nSPS) is 17.7. The standard InChI is InChI=1S/C54H80N10O8/c1-39(57-7)51(67)59-49(53(69)63-29-19-25-45(63)37-61(47(65)35-55-5)31-27-43-21-13-11-14-22-43)41(3)71-33-17-9-10-18-34-72-42(4)50(60-52(68)40(2)58-8)54(70)64-30-20-26-46(64)38-62(48(66)36-56-6)32-28-44-23-15-12-16-24-44/h11-16,21-24,39-42,45-46,49-50,55-58H,19-20,25-38H2,1-8H3,(H,59,67)(H,60,68)/t39-,40+,41-,42-,45-,46-,49?,50-/m0/s1. The maximum Gasteiger partial charge on any atom is 0.248 e. The molecule has 2 aromatic rings. The minimum Gasteiger partial charge on any atom is -0.363 e. The predicted molar refractivity (Wildman–Crippen MR) is 278 cm³/mol. The van der Waals surface area contributed by atoms with E-state index >= 15 is 0 Å². The number of carbonyl (C=O) groups excluding carboxylic acids is 6. The van der Waals surface area contributed by atoms with Crippen molar-refractivity contribution in [1.82, 2.24) is 51.5 Å². The van der Waals surface area contributed by atoms with Crippen molar-refractivity contribution in [2.24, 2.45) is 0 Å². The molecule has 8 atom stereocenters. The summed E-state index contributed by atoms with van der Waals surface area (Å²) in [5, 5.41) is 17.6. The van der Waals surface area contributed by atoms with Crippen LogP contribution in [0.4, 0.5) is 0 Å². The van der Waals surface area contributed by atoms with E-state index < -0.39 is 36.4 Å². The maximum atomic E-state index is 14.4. The Labute approximate surface area is 427 Å². The summed E-state index contributed by atoms with van der Waals surface area (Å²) in [5.74, 6) is 9.81. The number of nitrogens with zero attached hydrogens (tertiary/aromatic N) is 4. The Morgan fingerprint density at radius 3 is 1.32 bits per heavy atom. The van der Waals surface area contributed by atoms with Crippen molar-refractivity contribution in [2.75, 3.05) is 93.8 Å². The van der Waals surface area contributed by atoms with Gasteiger partial charge in [-0.1, -0.05) is 72.5 Å². The molecule has 2 fully saturated rings. The van der Waals surface area contributed by atoms with Gasteiger partial charge in [0.15, 0.2) is 0 Å². The molecule has 1 unspecified atom stereocenters. The van der Waals surface area contributed by atoms with Crippen LogP contribution in [0.15, 0.2) is 60.7 Å². The van der Waals surface area contributed by atoms with Crippen molar-refractivity contribution in [3.05, 3.63) is 71.8 Å². The zero-order valence-electron chi connectivity index (χ0n) is 43.8. The lowest BCUT2D eigenvalue weighted by molar-refractivity contribution is -0.142. The van der Waals surface area contributed by atoms with Crippen molar-refractivity contribution < 1.29 is 38.2 Å². The van der Waals surface area contributed by atoms with Crippen molar-refractivity contribution >= 4 is 35.4 Å². The Kier molecular flexibility index (Phi) is 25.7. The van der Waals surface area contributed by atoms with Crippen LogP contribution in [0.2, 0.25) is 0 Å². The highest BCUT2D eigenvalue weighted by atomic mass is 16.5. The largest absolute Gasteiger partial charge is 0.363 e. The zero-order chi connectivity index (χ0) is 52.4. The van der Waals surface area contributed by atoms with E-state index in [1.54, 1.807) is 65.7 Å². The average Bonchev–Trinajstić information content (AvgIpc) is 4.07. The first-order valence-electron chi connectivity index (χ1n) is 25.4. The van der Waals surface area contributed by atoms with Crippen LogP contribution in [0.1, 0.15) is 64.5 Å². The molecular formula is C54H80N10O8. The molecule has 394 valence electrons. The molecule has 6 N–H and O–H groups in total. The first-order valence-corrected chi connectivity index (χ1v) is 25.4. The lowest BCUT2D eigenvalue weighted by Crippen LogP contribution is -2.59. The Hall–Kier alpha value is -5.86. The Morgan fingerprint density at radius 2 is 0.972 bits per heavy atom. The number of hydrogen-bond donors (Lipinski definition) is 6. The van der Waals surface area contributed by atoms with Gasteiger partial charge in [-0.3, -0.25) is 28.8 Å². The Balaban J connectivity index is 1.39. The predicted octanol–water partition coefficient (Wildman–Crippen LogP) is 0.552. The Bertz CT molecular complexity index is 2010. The molecule has 2 aliphatic heterocycles. The highest BCUT2D eigenvalue weighted by Gasteiger charge is 2.40. The van der Waals surface area contributed by atoms with Gasteiger partial charge in [0.25, 0.3) is 0 Å². The summed E-state index contributed by atoms with van der Waals surface area (Å²) >= 11 is 0. The first kappa shape index (κ1) is 58.7. The van der Waals surface area contributed by atoms with Gasteiger partial charge in [0.1, 0.15) is 25.3 Å². The molecule has 0 radical (unpaired) electrons. The second-order valence-electron chi connectivity index (χ2n) is 18.5. The number of rotatable bonds is 28. The molecule has 0 aliphatic carbocycles. The molecule has 0 aromatic heterocycles. The third kappa shape index (κ3) is 18.6. The molecule has 6 amide bonds. The summed E-state index contributed by atoms with van der Waals surface area (Å²) in [5.41, 5.74) is 2.23. The first-order chi connectivity index (χ1) is 34.7. The van der Waals surface area contributed by atoms with Crippen LogP contribution < -0.4 is 31.9 Å². The van der Waals surface area contributed by atoms with Crippen LogP contribution in [0, 0.1) is 23.7 Å². The minimum atomic E-state index is -1.02. The monoisotopic (exact) mass is 997 g/mol. The van der Waals surface area contributed by atoms with Crippen LogP contribution in [0.25, 0.3) is 0 Å². The van der Waals surface area contributed by atoms with E-state index in [4.69, 9.17) is 9.47 Å². The molecule has 4 rings (SSSR count). The third-order valence-electron chi connectivity index (χ3n) is 13.4. The minimum absolute atomic E-state index is 0.0531. The van der Waals surface area contributed by atoms with Gasteiger partial charge in [0.2, 0.25) is 35.4 Å². The molecule has 2 aromatic carbocycles. The summed E-state index contributed by atoms with van der Waals surface area (Å²) in [7, 11) is 6.79. The number of ether oxygens (including phenoxy) is 2. The van der Waals surface area contributed by atoms with E-state index in [0.717, 1.165) is 24.0 Å². The van der Waals surface area contributed by atoms with E-state index in [2.05, 4.69) is 55.6 Å². The SMILES string of the molecule is CNCC(=O)N(CCc1ccccc1)C[C@@H]1CCCN1C(=O)C(NC(=O)[C@H](C)NC)[C@H](C)OCC#CC#CCO[C@@H](C)[C@H](NC(=O)[C@@H](C)NC)C(=O)N1CCC[C@H]1CN(CCc1ccccc1)C(=O)CNC. The number of likely N-dealkylation sites (tertiary alicyclic amines) is 2. The number of amides is 6. The second-order valence-corrected chi connectivity index (χ2v) is 18.5. The van der Waals surface area contributed by atoms with Gasteiger partial charge in [0.05, 0.1) is 37.4 Å². The summed E-state index contributed by atoms with van der Waals surface area (Å²) in [4.78, 5) is 88.8. The van der Waals surface area contributed by atoms with E-state index in [-0.39, 0.29) is 73.8 Å². The number of hydrogen-bond acceptors (Lipinski definition) is 12. The summed E-state index contributed by atoms with van der Waals surface area (Å²) < 4.78 is 12.1. The second kappa shape index (κ2) is 31.6. The zero-order valence-corrected chi connectivity index (χ0v) is 43.8. The third-order valence-corrected chi connectivity index (χ3v) is 13.4. The highest BCUT2D eigenvalue weighted by Crippen LogP contribution is 2.23. The number of likely N-dealkylation sites (N-methyl/N-ethyl adjacent to an activating group) is 4. The smallest absolute Gasteiger partial charge is 0.248 e. The fraction of sp³-hybridized carbons (Fsp3) is 0.593. The molecule has 0 bridgehead atoms. The molecule has 2 heterocycles. The van der Waals surface area contributed by atoms with Gasteiger partial charge in [0, 0.05) is 51.4 Å². The van der Waals surface area contributed by atoms with Gasteiger partial charge in [-0.15, -0.1) is 0 Å². The molecular weight excluding hydrogens is 917 g/mol. The van der Waals surface area contributed by atoms with Crippen molar-refractivity contribution in [3.63, 3.8) is 0 Å². The quantitative estimate of drug-likeness (QED) is 0.0648. The van der Waals surface area contributed by atoms with Crippen molar-refractivity contribution in [1.29, 1.82) is 0 Å². The van der Waals surface area contributed by atoms with Gasteiger partial charge in [-0.25, -0.2) is 0 Å². The van der Waals surface area contributed by atoms with Crippen LogP contribution in [0.5, 0.6) is 0 Å².